The SMILES string of the molecule is Cc1nc(-c2ccncn2)ncc1C(C)Cl. The standard InChI is InChI=1S/C11H11ClN4/c1-7(12)9-5-14-11(16-8(9)2)10-3-4-13-6-15-10/h3-7H,1-2H3. The Morgan fingerprint density at radius 3 is 2.69 bits per heavy atom. The van der Waals surface area contributed by atoms with Crippen LogP contribution in [0.15, 0.2) is 24.8 Å². The number of alkyl halides is 1. The summed E-state index contributed by atoms with van der Waals surface area (Å²) in [5.41, 5.74) is 2.54. The summed E-state index contributed by atoms with van der Waals surface area (Å²) < 4.78 is 0. The normalized spacial score (nSPS) is 12.4. The molecule has 5 heteroatoms. The summed E-state index contributed by atoms with van der Waals surface area (Å²) in [4.78, 5) is 16.6. The van der Waals surface area contributed by atoms with E-state index < -0.39 is 0 Å². The molecule has 0 aliphatic carbocycles. The molecule has 2 aromatic rings. The van der Waals surface area contributed by atoms with E-state index in [9.17, 15) is 0 Å². The first-order chi connectivity index (χ1) is 7.68. The van der Waals surface area contributed by atoms with E-state index in [1.54, 1.807) is 18.5 Å². The highest BCUT2D eigenvalue weighted by Crippen LogP contribution is 2.22. The van der Waals surface area contributed by atoms with Gasteiger partial charge in [-0.25, -0.2) is 19.9 Å². The summed E-state index contributed by atoms with van der Waals surface area (Å²) in [6.45, 7) is 3.82. The van der Waals surface area contributed by atoms with Gasteiger partial charge in [0.25, 0.3) is 0 Å². The van der Waals surface area contributed by atoms with E-state index in [4.69, 9.17) is 11.6 Å². The summed E-state index contributed by atoms with van der Waals surface area (Å²) in [6, 6.07) is 1.78. The lowest BCUT2D eigenvalue weighted by Crippen LogP contribution is -1.99. The van der Waals surface area contributed by atoms with Crippen molar-refractivity contribution in [2.45, 2.75) is 19.2 Å². The van der Waals surface area contributed by atoms with Crippen molar-refractivity contribution in [1.29, 1.82) is 0 Å². The first-order valence-corrected chi connectivity index (χ1v) is 5.36. The molecule has 0 saturated heterocycles. The molecule has 16 heavy (non-hydrogen) atoms. The van der Waals surface area contributed by atoms with Crippen LogP contribution in [0.3, 0.4) is 0 Å². The summed E-state index contributed by atoms with van der Waals surface area (Å²) >= 11 is 6.00. The van der Waals surface area contributed by atoms with Crippen LogP contribution in [0.1, 0.15) is 23.6 Å². The van der Waals surface area contributed by atoms with E-state index in [2.05, 4.69) is 19.9 Å². The van der Waals surface area contributed by atoms with Crippen LogP contribution in [-0.4, -0.2) is 19.9 Å². The molecule has 0 spiro atoms. The quantitative estimate of drug-likeness (QED) is 0.750. The molecule has 0 radical (unpaired) electrons. The smallest absolute Gasteiger partial charge is 0.178 e. The molecule has 0 fully saturated rings. The average Bonchev–Trinajstić information content (AvgIpc) is 2.29. The fourth-order valence-corrected chi connectivity index (χ4v) is 1.63. The highest BCUT2D eigenvalue weighted by Gasteiger charge is 2.09. The van der Waals surface area contributed by atoms with Gasteiger partial charge < -0.3 is 0 Å². The Morgan fingerprint density at radius 2 is 2.12 bits per heavy atom. The van der Waals surface area contributed by atoms with Crippen molar-refractivity contribution in [3.8, 4) is 11.5 Å². The largest absolute Gasteiger partial charge is 0.245 e. The molecule has 82 valence electrons. The first-order valence-electron chi connectivity index (χ1n) is 4.92. The van der Waals surface area contributed by atoms with Gasteiger partial charge in [0.2, 0.25) is 0 Å². The second kappa shape index (κ2) is 4.53. The third-order valence-electron chi connectivity index (χ3n) is 2.26. The minimum absolute atomic E-state index is 0.0838. The van der Waals surface area contributed by atoms with Crippen molar-refractivity contribution in [3.05, 3.63) is 36.0 Å². The maximum absolute atomic E-state index is 6.00. The van der Waals surface area contributed by atoms with E-state index in [1.165, 1.54) is 6.33 Å². The van der Waals surface area contributed by atoms with Crippen molar-refractivity contribution in [3.63, 3.8) is 0 Å². The van der Waals surface area contributed by atoms with Crippen LogP contribution in [0.25, 0.3) is 11.5 Å². The van der Waals surface area contributed by atoms with E-state index >= 15 is 0 Å². The zero-order valence-electron chi connectivity index (χ0n) is 9.05. The number of nitrogens with zero attached hydrogens (tertiary/aromatic N) is 4. The van der Waals surface area contributed by atoms with Gasteiger partial charge in [0.05, 0.1) is 5.38 Å². The lowest BCUT2D eigenvalue weighted by molar-refractivity contribution is 0.968. The summed E-state index contributed by atoms with van der Waals surface area (Å²) in [5.74, 6) is 0.598. The monoisotopic (exact) mass is 234 g/mol. The molecule has 4 nitrogen and oxygen atoms in total. The van der Waals surface area contributed by atoms with E-state index in [1.807, 2.05) is 13.8 Å². The van der Waals surface area contributed by atoms with Gasteiger partial charge in [-0.15, -0.1) is 11.6 Å². The van der Waals surface area contributed by atoms with Gasteiger partial charge in [-0.3, -0.25) is 0 Å². The number of aryl methyl sites for hydroxylation is 1. The van der Waals surface area contributed by atoms with Gasteiger partial charge in [0.15, 0.2) is 5.82 Å². The topological polar surface area (TPSA) is 51.6 Å². The molecule has 0 N–H and O–H groups in total. The molecule has 1 unspecified atom stereocenters. The molecule has 0 saturated carbocycles. The van der Waals surface area contributed by atoms with E-state index in [0.717, 1.165) is 11.3 Å². The third-order valence-corrected chi connectivity index (χ3v) is 2.49. The second-order valence-corrected chi connectivity index (χ2v) is 4.10. The van der Waals surface area contributed by atoms with Crippen molar-refractivity contribution in [2.24, 2.45) is 0 Å². The Balaban J connectivity index is 2.43. The Kier molecular flexibility index (Phi) is 3.10. The molecular formula is C11H11ClN4. The van der Waals surface area contributed by atoms with Crippen molar-refractivity contribution >= 4 is 11.6 Å². The van der Waals surface area contributed by atoms with Gasteiger partial charge in [0.1, 0.15) is 12.0 Å². The summed E-state index contributed by atoms with van der Waals surface area (Å²) in [6.07, 6.45) is 4.89. The number of halogens is 1. The van der Waals surface area contributed by atoms with E-state index in [-0.39, 0.29) is 5.38 Å². The van der Waals surface area contributed by atoms with Crippen LogP contribution in [-0.2, 0) is 0 Å². The molecule has 2 rings (SSSR count). The third kappa shape index (κ3) is 2.17. The van der Waals surface area contributed by atoms with Crippen LogP contribution >= 0.6 is 11.6 Å². The van der Waals surface area contributed by atoms with Gasteiger partial charge in [-0.1, -0.05) is 0 Å². The van der Waals surface area contributed by atoms with Crippen LogP contribution in [0.2, 0.25) is 0 Å². The second-order valence-electron chi connectivity index (χ2n) is 3.44. The maximum atomic E-state index is 6.00. The molecule has 0 bridgehead atoms. The highest BCUT2D eigenvalue weighted by molar-refractivity contribution is 6.20. The minimum Gasteiger partial charge on any atom is -0.245 e. The minimum atomic E-state index is -0.0838. The van der Waals surface area contributed by atoms with E-state index in [0.29, 0.717) is 11.5 Å². The fraction of sp³-hybridized carbons (Fsp3) is 0.273. The summed E-state index contributed by atoms with van der Waals surface area (Å²) in [5, 5.41) is -0.0838. The van der Waals surface area contributed by atoms with Crippen molar-refractivity contribution in [2.75, 3.05) is 0 Å². The predicted molar refractivity (Wildman–Crippen MR) is 62.1 cm³/mol. The van der Waals surface area contributed by atoms with Crippen LogP contribution in [0, 0.1) is 6.92 Å². The first kappa shape index (κ1) is 11.0. The zero-order valence-corrected chi connectivity index (χ0v) is 9.81. The molecule has 1 atom stereocenters. The van der Waals surface area contributed by atoms with Crippen LogP contribution < -0.4 is 0 Å². The lowest BCUT2D eigenvalue weighted by Gasteiger charge is -2.07. The molecule has 0 aromatic carbocycles. The van der Waals surface area contributed by atoms with Crippen LogP contribution in [0.5, 0.6) is 0 Å². The molecular weight excluding hydrogens is 224 g/mol. The maximum Gasteiger partial charge on any atom is 0.178 e. The number of aromatic nitrogens is 4. The van der Waals surface area contributed by atoms with Gasteiger partial charge in [0, 0.05) is 23.7 Å². The number of hydrogen-bond donors (Lipinski definition) is 0. The van der Waals surface area contributed by atoms with Gasteiger partial charge >= 0.3 is 0 Å². The predicted octanol–water partition coefficient (Wildman–Crippen LogP) is 2.54. The van der Waals surface area contributed by atoms with Gasteiger partial charge in [-0.2, -0.15) is 0 Å². The number of rotatable bonds is 2. The van der Waals surface area contributed by atoms with Gasteiger partial charge in [-0.05, 0) is 19.9 Å². The zero-order chi connectivity index (χ0) is 11.5. The van der Waals surface area contributed by atoms with Crippen molar-refractivity contribution < 1.29 is 0 Å². The van der Waals surface area contributed by atoms with Crippen LogP contribution in [0.4, 0.5) is 0 Å². The lowest BCUT2D eigenvalue weighted by atomic mass is 10.2. The average molecular weight is 235 g/mol. The van der Waals surface area contributed by atoms with Crippen molar-refractivity contribution in [1.82, 2.24) is 19.9 Å². The Morgan fingerprint density at radius 1 is 1.31 bits per heavy atom. The summed E-state index contributed by atoms with van der Waals surface area (Å²) in [7, 11) is 0. The Hall–Kier alpha value is -1.55. The fourth-order valence-electron chi connectivity index (χ4n) is 1.41. The molecule has 0 aliphatic rings. The Labute approximate surface area is 98.8 Å². The number of hydrogen-bond acceptors (Lipinski definition) is 4. The molecule has 2 heterocycles. The molecule has 0 amide bonds. The molecule has 2 aromatic heterocycles. The Bertz CT molecular complexity index is 485. The molecule has 0 aliphatic heterocycles. The highest BCUT2D eigenvalue weighted by atomic mass is 35.5.